The highest BCUT2D eigenvalue weighted by Crippen LogP contribution is 2.20. The fourth-order valence-corrected chi connectivity index (χ4v) is 4.90. The maximum atomic E-state index is 13.3. The van der Waals surface area contributed by atoms with E-state index < -0.39 is 16.1 Å². The normalized spacial score (nSPS) is 13.0. The molecule has 2 atom stereocenters. The van der Waals surface area contributed by atoms with Gasteiger partial charge >= 0.3 is 0 Å². The first-order chi connectivity index (χ1) is 17.1. The van der Waals surface area contributed by atoms with Gasteiger partial charge in [-0.25, -0.2) is 8.42 Å². The second kappa shape index (κ2) is 14.0. The molecule has 0 radical (unpaired) electrons. The largest absolute Gasteiger partial charge is 0.352 e. The molecule has 0 aromatic heterocycles. The van der Waals surface area contributed by atoms with Crippen LogP contribution in [-0.2, 0) is 32.5 Å². The van der Waals surface area contributed by atoms with E-state index in [-0.39, 0.29) is 30.8 Å². The molecule has 0 heterocycles. The van der Waals surface area contributed by atoms with Gasteiger partial charge in [-0.2, -0.15) is 0 Å². The van der Waals surface area contributed by atoms with E-state index in [0.717, 1.165) is 24.0 Å². The maximum Gasteiger partial charge on any atom is 0.242 e. The lowest BCUT2D eigenvalue weighted by Gasteiger charge is -2.30. The monoisotopic (exact) mass is 515 g/mol. The molecule has 8 heteroatoms. The summed E-state index contributed by atoms with van der Waals surface area (Å²) in [6, 6.07) is 16.7. The van der Waals surface area contributed by atoms with Gasteiger partial charge < -0.3 is 10.2 Å². The van der Waals surface area contributed by atoms with Crippen LogP contribution >= 0.6 is 0 Å². The van der Waals surface area contributed by atoms with E-state index in [1.807, 2.05) is 63.2 Å². The highest BCUT2D eigenvalue weighted by Gasteiger charge is 2.26. The molecule has 0 unspecified atom stereocenters. The van der Waals surface area contributed by atoms with Gasteiger partial charge in [-0.3, -0.25) is 13.9 Å². The van der Waals surface area contributed by atoms with Gasteiger partial charge in [0.05, 0.1) is 11.9 Å². The number of carbonyl (C=O) groups excluding carboxylic acids is 2. The third-order valence-electron chi connectivity index (χ3n) is 6.44. The summed E-state index contributed by atoms with van der Waals surface area (Å²) in [5, 5.41) is 2.97. The van der Waals surface area contributed by atoms with E-state index in [2.05, 4.69) is 5.32 Å². The van der Waals surface area contributed by atoms with Gasteiger partial charge in [0.25, 0.3) is 0 Å². The zero-order chi connectivity index (χ0) is 26.7. The number of benzene rings is 2. The minimum Gasteiger partial charge on any atom is -0.352 e. The first kappa shape index (κ1) is 29.4. The summed E-state index contributed by atoms with van der Waals surface area (Å²) in [5.41, 5.74) is 2.80. The van der Waals surface area contributed by atoms with Crippen molar-refractivity contribution in [3.8, 4) is 0 Å². The number of anilines is 1. The Morgan fingerprint density at radius 3 is 2.11 bits per heavy atom. The summed E-state index contributed by atoms with van der Waals surface area (Å²) in [6.45, 7) is 8.33. The summed E-state index contributed by atoms with van der Waals surface area (Å²) < 4.78 is 26.3. The van der Waals surface area contributed by atoms with Crippen molar-refractivity contribution in [2.24, 2.45) is 0 Å². The predicted molar refractivity (Wildman–Crippen MR) is 146 cm³/mol. The first-order valence-corrected chi connectivity index (χ1v) is 14.6. The van der Waals surface area contributed by atoms with E-state index >= 15 is 0 Å². The highest BCUT2D eigenvalue weighted by atomic mass is 32.2. The molecule has 2 amide bonds. The lowest BCUT2D eigenvalue weighted by atomic mass is 10.1. The number of rotatable bonds is 14. The number of hydrogen-bond donors (Lipinski definition) is 1. The van der Waals surface area contributed by atoms with E-state index in [9.17, 15) is 18.0 Å². The molecule has 0 aliphatic rings. The number of amides is 2. The summed E-state index contributed by atoms with van der Waals surface area (Å²) in [4.78, 5) is 27.7. The fourth-order valence-electron chi connectivity index (χ4n) is 3.94. The summed E-state index contributed by atoms with van der Waals surface area (Å²) in [5.74, 6) is -0.341. The molecule has 0 bridgehead atoms. The average molecular weight is 516 g/mol. The number of carbonyl (C=O) groups is 2. The van der Waals surface area contributed by atoms with Crippen LogP contribution < -0.4 is 9.62 Å². The van der Waals surface area contributed by atoms with Crippen LogP contribution in [0.3, 0.4) is 0 Å². The zero-order valence-electron chi connectivity index (χ0n) is 22.2. The number of nitrogens with zero attached hydrogens (tertiary/aromatic N) is 2. The number of aryl methyl sites for hydroxylation is 1. The van der Waals surface area contributed by atoms with E-state index in [4.69, 9.17) is 0 Å². The van der Waals surface area contributed by atoms with Crippen molar-refractivity contribution < 1.29 is 18.0 Å². The molecule has 198 valence electrons. The molecule has 0 aliphatic carbocycles. The summed E-state index contributed by atoms with van der Waals surface area (Å²) >= 11 is 0. The molecule has 1 N–H and O–H groups in total. The lowest BCUT2D eigenvalue weighted by molar-refractivity contribution is -0.140. The predicted octanol–water partition coefficient (Wildman–Crippen LogP) is 4.17. The Bertz CT molecular complexity index is 1070. The van der Waals surface area contributed by atoms with Crippen molar-refractivity contribution in [1.29, 1.82) is 0 Å². The van der Waals surface area contributed by atoms with Crippen LogP contribution in [0, 0.1) is 0 Å². The lowest BCUT2D eigenvalue weighted by Crippen LogP contribution is -2.50. The molecule has 0 saturated carbocycles. The first-order valence-electron chi connectivity index (χ1n) is 12.8. The quantitative estimate of drug-likeness (QED) is 0.409. The van der Waals surface area contributed by atoms with Crippen molar-refractivity contribution >= 4 is 27.5 Å². The second-order valence-electron chi connectivity index (χ2n) is 9.28. The van der Waals surface area contributed by atoms with E-state index in [1.54, 1.807) is 24.0 Å². The molecule has 2 aromatic carbocycles. The van der Waals surface area contributed by atoms with Crippen LogP contribution in [0.4, 0.5) is 5.69 Å². The van der Waals surface area contributed by atoms with Gasteiger partial charge in [0.15, 0.2) is 0 Å². The molecule has 0 spiro atoms. The molecule has 2 aromatic rings. The Hall–Kier alpha value is -2.87. The van der Waals surface area contributed by atoms with Gasteiger partial charge in [0.2, 0.25) is 21.8 Å². The van der Waals surface area contributed by atoms with Gasteiger partial charge in [-0.05, 0) is 62.8 Å². The van der Waals surface area contributed by atoms with Crippen molar-refractivity contribution in [3.05, 3.63) is 65.7 Å². The van der Waals surface area contributed by atoms with Gasteiger partial charge in [-0.15, -0.1) is 0 Å². The zero-order valence-corrected chi connectivity index (χ0v) is 23.1. The van der Waals surface area contributed by atoms with Crippen LogP contribution in [-0.4, -0.2) is 56.6 Å². The van der Waals surface area contributed by atoms with Crippen molar-refractivity contribution in [2.75, 3.05) is 23.7 Å². The molecule has 0 fully saturated rings. The average Bonchev–Trinajstić information content (AvgIpc) is 2.86. The van der Waals surface area contributed by atoms with E-state index in [0.29, 0.717) is 25.1 Å². The molecular formula is C28H41N3O4S. The number of nitrogens with one attached hydrogen (secondary N) is 1. The minimum absolute atomic E-state index is 0.0217. The number of hydrogen-bond acceptors (Lipinski definition) is 4. The Labute approximate surface area is 216 Å². The summed E-state index contributed by atoms with van der Waals surface area (Å²) in [7, 11) is -3.50. The second-order valence-corrected chi connectivity index (χ2v) is 11.2. The van der Waals surface area contributed by atoms with Crippen LogP contribution in [0.15, 0.2) is 54.6 Å². The van der Waals surface area contributed by atoms with Crippen LogP contribution in [0.25, 0.3) is 0 Å². The number of sulfonamides is 1. The van der Waals surface area contributed by atoms with Crippen molar-refractivity contribution in [3.63, 3.8) is 0 Å². The van der Waals surface area contributed by atoms with Crippen LogP contribution in [0.2, 0.25) is 0 Å². The highest BCUT2D eigenvalue weighted by molar-refractivity contribution is 7.92. The molecule has 0 aliphatic heterocycles. The Balaban J connectivity index is 2.11. The van der Waals surface area contributed by atoms with Crippen molar-refractivity contribution in [2.45, 2.75) is 71.9 Å². The SMILES string of the molecule is CCc1ccc(N(CCCC(=O)N(CCc2ccccc2)[C@@H](C)C(=O)N[C@@H](C)CC)S(C)(=O)=O)cc1. The van der Waals surface area contributed by atoms with Crippen LogP contribution in [0.1, 0.15) is 58.1 Å². The third kappa shape index (κ3) is 8.97. The van der Waals surface area contributed by atoms with E-state index in [1.165, 1.54) is 10.6 Å². The Kier molecular flexibility index (Phi) is 11.4. The molecule has 0 saturated heterocycles. The van der Waals surface area contributed by atoms with Gasteiger partial charge in [-0.1, -0.05) is 56.3 Å². The third-order valence-corrected chi connectivity index (χ3v) is 7.63. The van der Waals surface area contributed by atoms with Crippen molar-refractivity contribution in [1.82, 2.24) is 10.2 Å². The minimum atomic E-state index is -3.50. The smallest absolute Gasteiger partial charge is 0.242 e. The Morgan fingerprint density at radius 1 is 0.917 bits per heavy atom. The molecule has 2 rings (SSSR count). The topological polar surface area (TPSA) is 86.8 Å². The van der Waals surface area contributed by atoms with Gasteiger partial charge in [0.1, 0.15) is 6.04 Å². The maximum absolute atomic E-state index is 13.3. The van der Waals surface area contributed by atoms with Gasteiger partial charge in [0, 0.05) is 25.6 Å². The standard InChI is InChI=1S/C28H41N3O4S/c1-6-22(3)29-28(33)23(4)30(21-19-25-12-9-8-10-13-25)27(32)14-11-20-31(36(5,34)35)26-17-15-24(7-2)16-18-26/h8-10,12-13,15-18,22-23H,6-7,11,14,19-21H2,1-5H3,(H,29,33)/t22-,23-/m0/s1. The summed E-state index contributed by atoms with van der Waals surface area (Å²) in [6.07, 6.45) is 3.98. The molecular weight excluding hydrogens is 474 g/mol. The van der Waals surface area contributed by atoms with Crippen LogP contribution in [0.5, 0.6) is 0 Å². The Morgan fingerprint density at radius 2 is 1.56 bits per heavy atom. The molecule has 7 nitrogen and oxygen atoms in total. The fraction of sp³-hybridized carbons (Fsp3) is 0.500. The molecule has 36 heavy (non-hydrogen) atoms.